The minimum atomic E-state index is 0.550. The van der Waals surface area contributed by atoms with E-state index < -0.39 is 0 Å². The van der Waals surface area contributed by atoms with Gasteiger partial charge in [-0.2, -0.15) is 0 Å². The van der Waals surface area contributed by atoms with E-state index in [1.165, 1.54) is 0 Å². The van der Waals surface area contributed by atoms with Crippen LogP contribution >= 0.6 is 0 Å². The van der Waals surface area contributed by atoms with Gasteiger partial charge in [0, 0.05) is 6.54 Å². The summed E-state index contributed by atoms with van der Waals surface area (Å²) < 4.78 is 2.00. The van der Waals surface area contributed by atoms with Crippen molar-refractivity contribution in [2.75, 3.05) is 13.1 Å². The molecule has 0 aliphatic carbocycles. The molecule has 0 fully saturated rings. The monoisotopic (exact) mass is 246 g/mol. The fourth-order valence-electron chi connectivity index (χ4n) is 2.03. The van der Waals surface area contributed by atoms with E-state index in [9.17, 15) is 0 Å². The molecule has 1 aromatic carbocycles. The van der Waals surface area contributed by atoms with Crippen LogP contribution in [0.25, 0.3) is 11.0 Å². The molecule has 1 N–H and O–H groups in total. The molecule has 2 rings (SSSR count). The molecule has 1 unspecified atom stereocenters. The van der Waals surface area contributed by atoms with Crippen molar-refractivity contribution in [2.45, 2.75) is 27.3 Å². The van der Waals surface area contributed by atoms with Crippen LogP contribution in [0.2, 0.25) is 0 Å². The molecule has 0 aliphatic heterocycles. The van der Waals surface area contributed by atoms with Gasteiger partial charge in [0.15, 0.2) is 0 Å². The third-order valence-corrected chi connectivity index (χ3v) is 2.95. The van der Waals surface area contributed by atoms with Crippen molar-refractivity contribution in [1.29, 1.82) is 0 Å². The maximum atomic E-state index is 4.22. The van der Waals surface area contributed by atoms with Gasteiger partial charge in [0.25, 0.3) is 0 Å². The van der Waals surface area contributed by atoms with Gasteiger partial charge in [0.2, 0.25) is 0 Å². The van der Waals surface area contributed by atoms with E-state index in [-0.39, 0.29) is 0 Å². The molecule has 4 nitrogen and oxygen atoms in total. The number of hydrogen-bond acceptors (Lipinski definition) is 3. The number of aromatic nitrogens is 3. The zero-order valence-corrected chi connectivity index (χ0v) is 11.4. The lowest BCUT2D eigenvalue weighted by Crippen LogP contribution is -2.27. The van der Waals surface area contributed by atoms with Gasteiger partial charge < -0.3 is 5.32 Å². The summed E-state index contributed by atoms with van der Waals surface area (Å²) in [5, 5.41) is 11.9. The standard InChI is InChI=1S/C14H22N4/c1-11(2)8-15-9-12(3)10-18-14-7-5-4-6-13(14)16-17-18/h4-7,11-12,15H,8-10H2,1-3H3. The Morgan fingerprint density at radius 2 is 1.94 bits per heavy atom. The maximum Gasteiger partial charge on any atom is 0.113 e. The number of nitrogens with one attached hydrogen (secondary N) is 1. The SMILES string of the molecule is CC(C)CNCC(C)Cn1nnc2ccccc21. The number of nitrogens with zero attached hydrogens (tertiary/aromatic N) is 3. The van der Waals surface area contributed by atoms with Crippen LogP contribution in [0.3, 0.4) is 0 Å². The molecule has 1 aromatic heterocycles. The van der Waals surface area contributed by atoms with Crippen LogP contribution in [0.1, 0.15) is 20.8 Å². The molecule has 0 amide bonds. The van der Waals surface area contributed by atoms with Gasteiger partial charge in [-0.1, -0.05) is 38.1 Å². The van der Waals surface area contributed by atoms with E-state index in [0.29, 0.717) is 11.8 Å². The zero-order chi connectivity index (χ0) is 13.0. The van der Waals surface area contributed by atoms with Gasteiger partial charge in [0.1, 0.15) is 5.52 Å². The molecule has 2 aromatic rings. The quantitative estimate of drug-likeness (QED) is 0.850. The fraction of sp³-hybridized carbons (Fsp3) is 0.571. The van der Waals surface area contributed by atoms with Crippen molar-refractivity contribution in [3.8, 4) is 0 Å². The van der Waals surface area contributed by atoms with Crippen molar-refractivity contribution in [3.05, 3.63) is 24.3 Å². The number of fused-ring (bicyclic) bond motifs is 1. The summed E-state index contributed by atoms with van der Waals surface area (Å²) in [6.07, 6.45) is 0. The van der Waals surface area contributed by atoms with E-state index in [1.54, 1.807) is 0 Å². The molecule has 0 saturated heterocycles. The smallest absolute Gasteiger partial charge is 0.113 e. The molecule has 18 heavy (non-hydrogen) atoms. The molecule has 0 aliphatic rings. The number of para-hydroxylation sites is 1. The lowest BCUT2D eigenvalue weighted by Gasteiger charge is -2.14. The first-order valence-corrected chi connectivity index (χ1v) is 6.65. The van der Waals surface area contributed by atoms with Crippen LogP contribution in [-0.4, -0.2) is 28.1 Å². The van der Waals surface area contributed by atoms with Crippen molar-refractivity contribution < 1.29 is 0 Å². The molecule has 1 atom stereocenters. The van der Waals surface area contributed by atoms with Gasteiger partial charge in [-0.25, -0.2) is 4.68 Å². The third-order valence-electron chi connectivity index (χ3n) is 2.95. The molecule has 0 saturated carbocycles. The van der Waals surface area contributed by atoms with Gasteiger partial charge in [-0.3, -0.25) is 0 Å². The second-order valence-corrected chi connectivity index (χ2v) is 5.42. The number of rotatable bonds is 6. The fourth-order valence-corrected chi connectivity index (χ4v) is 2.03. The minimum absolute atomic E-state index is 0.550. The summed E-state index contributed by atoms with van der Waals surface area (Å²) in [5.41, 5.74) is 2.09. The first-order valence-electron chi connectivity index (χ1n) is 6.65. The predicted octanol–water partition coefficient (Wildman–Crippen LogP) is 2.31. The molecule has 0 radical (unpaired) electrons. The van der Waals surface area contributed by atoms with Crippen LogP contribution in [0.4, 0.5) is 0 Å². The lowest BCUT2D eigenvalue weighted by molar-refractivity contribution is 0.410. The van der Waals surface area contributed by atoms with Crippen LogP contribution in [-0.2, 0) is 6.54 Å². The van der Waals surface area contributed by atoms with E-state index in [4.69, 9.17) is 0 Å². The Balaban J connectivity index is 1.92. The van der Waals surface area contributed by atoms with Gasteiger partial charge in [-0.05, 0) is 37.1 Å². The number of hydrogen-bond donors (Lipinski definition) is 1. The molecular weight excluding hydrogens is 224 g/mol. The lowest BCUT2D eigenvalue weighted by atomic mass is 10.1. The largest absolute Gasteiger partial charge is 0.316 e. The average Bonchev–Trinajstić information content (AvgIpc) is 2.72. The summed E-state index contributed by atoms with van der Waals surface area (Å²) in [6, 6.07) is 8.10. The molecule has 0 spiro atoms. The summed E-state index contributed by atoms with van der Waals surface area (Å²) in [6.45, 7) is 9.69. The molecule has 4 heteroatoms. The Labute approximate surface area is 108 Å². The highest BCUT2D eigenvalue weighted by molar-refractivity contribution is 5.73. The Hall–Kier alpha value is -1.42. The van der Waals surface area contributed by atoms with E-state index in [1.807, 2.05) is 22.9 Å². The topological polar surface area (TPSA) is 42.7 Å². The third kappa shape index (κ3) is 3.29. The first-order chi connectivity index (χ1) is 8.66. The summed E-state index contributed by atoms with van der Waals surface area (Å²) in [4.78, 5) is 0. The van der Waals surface area contributed by atoms with Crippen molar-refractivity contribution in [2.24, 2.45) is 11.8 Å². The second-order valence-electron chi connectivity index (χ2n) is 5.42. The van der Waals surface area contributed by atoms with Gasteiger partial charge in [0.05, 0.1) is 5.52 Å². The molecular formula is C14H22N4. The second kappa shape index (κ2) is 5.96. The Morgan fingerprint density at radius 3 is 2.72 bits per heavy atom. The maximum absolute atomic E-state index is 4.22. The van der Waals surface area contributed by atoms with Gasteiger partial charge >= 0.3 is 0 Å². The van der Waals surface area contributed by atoms with Crippen molar-refractivity contribution >= 4 is 11.0 Å². The highest BCUT2D eigenvalue weighted by Crippen LogP contribution is 2.11. The Bertz CT molecular complexity index is 489. The Kier molecular flexibility index (Phi) is 4.31. The van der Waals surface area contributed by atoms with Crippen molar-refractivity contribution in [3.63, 3.8) is 0 Å². The van der Waals surface area contributed by atoms with Crippen LogP contribution in [0, 0.1) is 11.8 Å². The summed E-state index contributed by atoms with van der Waals surface area (Å²) in [7, 11) is 0. The van der Waals surface area contributed by atoms with E-state index >= 15 is 0 Å². The molecule has 98 valence electrons. The van der Waals surface area contributed by atoms with E-state index in [0.717, 1.165) is 30.7 Å². The average molecular weight is 246 g/mol. The first kappa shape index (κ1) is 13.0. The molecule has 1 heterocycles. The molecule has 0 bridgehead atoms. The highest BCUT2D eigenvalue weighted by atomic mass is 15.4. The normalized spacial score (nSPS) is 13.3. The zero-order valence-electron chi connectivity index (χ0n) is 11.4. The van der Waals surface area contributed by atoms with Crippen LogP contribution in [0.15, 0.2) is 24.3 Å². The Morgan fingerprint density at radius 1 is 1.17 bits per heavy atom. The van der Waals surface area contributed by atoms with Crippen LogP contribution in [0.5, 0.6) is 0 Å². The summed E-state index contributed by atoms with van der Waals surface area (Å²) in [5.74, 6) is 1.25. The van der Waals surface area contributed by atoms with E-state index in [2.05, 4.69) is 42.5 Å². The van der Waals surface area contributed by atoms with Crippen LogP contribution < -0.4 is 5.32 Å². The predicted molar refractivity (Wildman–Crippen MR) is 74.4 cm³/mol. The number of benzene rings is 1. The van der Waals surface area contributed by atoms with Crippen molar-refractivity contribution in [1.82, 2.24) is 20.3 Å². The summed E-state index contributed by atoms with van der Waals surface area (Å²) >= 11 is 0. The van der Waals surface area contributed by atoms with Gasteiger partial charge in [-0.15, -0.1) is 5.10 Å². The minimum Gasteiger partial charge on any atom is -0.316 e. The highest BCUT2D eigenvalue weighted by Gasteiger charge is 2.08.